The molecule has 0 aliphatic carbocycles. The summed E-state index contributed by atoms with van der Waals surface area (Å²) >= 11 is 0. The van der Waals surface area contributed by atoms with Crippen LogP contribution in [0.5, 0.6) is 0 Å². The average Bonchev–Trinajstić information content (AvgIpc) is 2.74. The zero-order valence-electron chi connectivity index (χ0n) is 15.6. The minimum absolute atomic E-state index is 0.0651. The lowest BCUT2D eigenvalue weighted by Gasteiger charge is -2.46. The lowest BCUT2D eigenvalue weighted by molar-refractivity contribution is 0.0715. The number of pyridine rings is 1. The van der Waals surface area contributed by atoms with Gasteiger partial charge < -0.3 is 15.1 Å². The van der Waals surface area contributed by atoms with Crippen molar-refractivity contribution in [2.75, 3.05) is 26.2 Å². The van der Waals surface area contributed by atoms with Gasteiger partial charge in [-0.2, -0.15) is 0 Å². The van der Waals surface area contributed by atoms with Crippen LogP contribution in [0.4, 0.5) is 4.79 Å². The first-order chi connectivity index (χ1) is 13.3. The van der Waals surface area contributed by atoms with Crippen molar-refractivity contribution in [3.63, 3.8) is 0 Å². The number of nitrogens with zero attached hydrogens (tertiary/aromatic N) is 3. The first-order valence-corrected chi connectivity index (χ1v) is 10.1. The van der Waals surface area contributed by atoms with Gasteiger partial charge >= 0.3 is 6.03 Å². The fourth-order valence-corrected chi connectivity index (χ4v) is 5.05. The van der Waals surface area contributed by atoms with Gasteiger partial charge in [-0.05, 0) is 61.0 Å². The van der Waals surface area contributed by atoms with Crippen molar-refractivity contribution in [2.24, 2.45) is 5.92 Å². The number of fused-ring (bicyclic) bond motifs is 4. The van der Waals surface area contributed by atoms with Gasteiger partial charge in [0.05, 0.1) is 6.04 Å². The maximum atomic E-state index is 13.3. The Kier molecular flexibility index (Phi) is 4.32. The molecule has 1 N–H and O–H groups in total. The number of carbonyl (C=O) groups is 1. The molecule has 5 nitrogen and oxygen atoms in total. The second-order valence-corrected chi connectivity index (χ2v) is 8.03. The molecule has 1 aromatic heterocycles. The van der Waals surface area contributed by atoms with Crippen molar-refractivity contribution in [3.8, 4) is 0 Å². The smallest absolute Gasteiger partial charge is 0.318 e. The molecule has 0 unspecified atom stereocenters. The van der Waals surface area contributed by atoms with Crippen molar-refractivity contribution in [1.82, 2.24) is 20.1 Å². The third kappa shape index (κ3) is 3.10. The number of piperidine rings is 3. The third-order valence-corrected chi connectivity index (χ3v) is 6.51. The van der Waals surface area contributed by atoms with E-state index < -0.39 is 0 Å². The minimum Gasteiger partial charge on any atom is -0.334 e. The molecule has 1 aromatic carbocycles. The number of hydrogen-bond donors (Lipinski definition) is 1. The molecule has 3 saturated heterocycles. The van der Waals surface area contributed by atoms with Crippen LogP contribution < -0.4 is 5.32 Å². The second kappa shape index (κ2) is 6.97. The molecule has 0 saturated carbocycles. The number of hydrogen-bond acceptors (Lipinski definition) is 3. The predicted octanol–water partition coefficient (Wildman–Crippen LogP) is 2.83. The average molecular weight is 362 g/mol. The van der Waals surface area contributed by atoms with Crippen LogP contribution in [0.2, 0.25) is 0 Å². The molecular weight excluding hydrogens is 336 g/mol. The molecule has 5 heterocycles. The molecule has 6 rings (SSSR count). The summed E-state index contributed by atoms with van der Waals surface area (Å²) in [6, 6.07) is 12.8. The van der Waals surface area contributed by atoms with Crippen LogP contribution in [0.25, 0.3) is 0 Å². The zero-order valence-corrected chi connectivity index (χ0v) is 15.6. The summed E-state index contributed by atoms with van der Waals surface area (Å²) in [5.41, 5.74) is 3.63. The van der Waals surface area contributed by atoms with Crippen LogP contribution in [-0.2, 0) is 6.42 Å². The normalized spacial score (nSPS) is 29.3. The van der Waals surface area contributed by atoms with Crippen LogP contribution in [0.15, 0.2) is 48.8 Å². The van der Waals surface area contributed by atoms with Crippen LogP contribution in [0.1, 0.15) is 35.6 Å². The van der Waals surface area contributed by atoms with Crippen molar-refractivity contribution in [3.05, 3.63) is 65.5 Å². The van der Waals surface area contributed by atoms with Crippen LogP contribution in [-0.4, -0.2) is 53.0 Å². The predicted molar refractivity (Wildman–Crippen MR) is 104 cm³/mol. The number of urea groups is 1. The molecule has 2 aromatic rings. The molecule has 2 amide bonds. The quantitative estimate of drug-likeness (QED) is 0.894. The molecule has 2 atom stereocenters. The van der Waals surface area contributed by atoms with E-state index in [1.807, 2.05) is 17.2 Å². The molecule has 27 heavy (non-hydrogen) atoms. The number of benzene rings is 1. The standard InChI is InChI=1S/C22H26N4O/c27-22(24-20-15-25-11-7-17(20)8-12-25)26-13-9-16-4-1-2-6-19(16)21(26)18-5-3-10-23-14-18/h1-6,10,14,17,20-21H,7-9,11-13,15H2,(H,24,27)/t20-,21-/m1/s1. The summed E-state index contributed by atoms with van der Waals surface area (Å²) in [6.07, 6.45) is 7.00. The highest BCUT2D eigenvalue weighted by Crippen LogP contribution is 2.35. The highest BCUT2D eigenvalue weighted by atomic mass is 16.2. The minimum atomic E-state index is -0.0651. The Morgan fingerprint density at radius 1 is 1.07 bits per heavy atom. The largest absolute Gasteiger partial charge is 0.334 e. The molecule has 3 fully saturated rings. The van der Waals surface area contributed by atoms with Gasteiger partial charge in [0.2, 0.25) is 0 Å². The van der Waals surface area contributed by atoms with Gasteiger partial charge in [0.1, 0.15) is 0 Å². The highest BCUT2D eigenvalue weighted by molar-refractivity contribution is 5.76. The van der Waals surface area contributed by atoms with E-state index in [1.165, 1.54) is 37.1 Å². The third-order valence-electron chi connectivity index (χ3n) is 6.51. The summed E-state index contributed by atoms with van der Waals surface area (Å²) in [4.78, 5) is 22.1. The SMILES string of the molecule is O=C(N[C@@H]1CN2CCC1CC2)N1CCc2ccccc2[C@H]1c1cccnc1. The van der Waals surface area contributed by atoms with E-state index in [0.29, 0.717) is 5.92 Å². The number of nitrogens with one attached hydrogen (secondary N) is 1. The zero-order chi connectivity index (χ0) is 18.2. The summed E-state index contributed by atoms with van der Waals surface area (Å²) in [6.45, 7) is 4.11. The fraction of sp³-hybridized carbons (Fsp3) is 0.455. The molecule has 140 valence electrons. The van der Waals surface area contributed by atoms with E-state index in [0.717, 1.165) is 25.1 Å². The maximum absolute atomic E-state index is 13.3. The van der Waals surface area contributed by atoms with Crippen molar-refractivity contribution >= 4 is 6.03 Å². The van der Waals surface area contributed by atoms with E-state index in [-0.39, 0.29) is 18.1 Å². The number of amides is 2. The Morgan fingerprint density at radius 3 is 2.67 bits per heavy atom. The van der Waals surface area contributed by atoms with E-state index in [2.05, 4.69) is 45.5 Å². The summed E-state index contributed by atoms with van der Waals surface area (Å²) in [7, 11) is 0. The molecule has 4 aliphatic heterocycles. The lowest BCUT2D eigenvalue weighted by Crippen LogP contribution is -2.59. The van der Waals surface area contributed by atoms with Gasteiger partial charge in [-0.15, -0.1) is 0 Å². The van der Waals surface area contributed by atoms with Gasteiger partial charge in [0.15, 0.2) is 0 Å². The number of aromatic nitrogens is 1. The highest BCUT2D eigenvalue weighted by Gasteiger charge is 2.38. The van der Waals surface area contributed by atoms with Gasteiger partial charge in [-0.25, -0.2) is 4.79 Å². The fourth-order valence-electron chi connectivity index (χ4n) is 5.05. The van der Waals surface area contributed by atoms with E-state index in [4.69, 9.17) is 0 Å². The molecule has 0 spiro atoms. The van der Waals surface area contributed by atoms with E-state index in [9.17, 15) is 4.79 Å². The Balaban J connectivity index is 1.43. The first kappa shape index (κ1) is 16.8. The van der Waals surface area contributed by atoms with E-state index in [1.54, 1.807) is 6.20 Å². The summed E-state index contributed by atoms with van der Waals surface area (Å²) in [5.74, 6) is 0.632. The summed E-state index contributed by atoms with van der Waals surface area (Å²) in [5, 5.41) is 3.38. The Morgan fingerprint density at radius 2 is 1.93 bits per heavy atom. The Bertz CT molecular complexity index is 816. The van der Waals surface area contributed by atoms with Crippen molar-refractivity contribution in [2.45, 2.75) is 31.3 Å². The Labute approximate surface area is 160 Å². The van der Waals surface area contributed by atoms with Gasteiger partial charge in [-0.3, -0.25) is 4.98 Å². The first-order valence-electron chi connectivity index (χ1n) is 10.1. The molecule has 0 radical (unpaired) electrons. The molecule has 4 aliphatic rings. The topological polar surface area (TPSA) is 48.5 Å². The van der Waals surface area contributed by atoms with Gasteiger partial charge in [0, 0.05) is 31.5 Å². The maximum Gasteiger partial charge on any atom is 0.318 e. The van der Waals surface area contributed by atoms with Crippen LogP contribution >= 0.6 is 0 Å². The van der Waals surface area contributed by atoms with Gasteiger partial charge in [0.25, 0.3) is 0 Å². The summed E-state index contributed by atoms with van der Waals surface area (Å²) < 4.78 is 0. The van der Waals surface area contributed by atoms with Crippen LogP contribution in [0, 0.1) is 5.92 Å². The Hall–Kier alpha value is -2.40. The van der Waals surface area contributed by atoms with Gasteiger partial charge in [-0.1, -0.05) is 30.3 Å². The lowest BCUT2D eigenvalue weighted by atomic mass is 9.84. The van der Waals surface area contributed by atoms with Crippen molar-refractivity contribution < 1.29 is 4.79 Å². The van der Waals surface area contributed by atoms with E-state index >= 15 is 0 Å². The van der Waals surface area contributed by atoms with Crippen LogP contribution in [0.3, 0.4) is 0 Å². The number of rotatable bonds is 2. The molecule has 5 heteroatoms. The molecule has 2 bridgehead atoms. The monoisotopic (exact) mass is 362 g/mol. The second-order valence-electron chi connectivity index (χ2n) is 8.03. The number of carbonyl (C=O) groups excluding carboxylic acids is 1. The molecular formula is C22H26N4O. The van der Waals surface area contributed by atoms with Crippen molar-refractivity contribution in [1.29, 1.82) is 0 Å².